The maximum absolute atomic E-state index is 12.1. The summed E-state index contributed by atoms with van der Waals surface area (Å²) < 4.78 is 0. The summed E-state index contributed by atoms with van der Waals surface area (Å²) in [4.78, 5) is 14.4. The van der Waals surface area contributed by atoms with Crippen molar-refractivity contribution in [2.45, 2.75) is 12.8 Å². The average molecular weight is 282 g/mol. The van der Waals surface area contributed by atoms with Gasteiger partial charge in [0, 0.05) is 13.1 Å². The second kappa shape index (κ2) is 6.26. The fourth-order valence-corrected chi connectivity index (χ4v) is 2.68. The molecule has 1 aromatic carbocycles. The molecule has 1 fully saturated rings. The van der Waals surface area contributed by atoms with Crippen LogP contribution in [0.1, 0.15) is 23.2 Å². The maximum Gasteiger partial charge on any atom is 0.253 e. The summed E-state index contributed by atoms with van der Waals surface area (Å²) in [5.41, 5.74) is 6.62. The van der Waals surface area contributed by atoms with Gasteiger partial charge in [-0.15, -0.1) is 0 Å². The molecule has 3 N–H and O–H groups in total. The van der Waals surface area contributed by atoms with Gasteiger partial charge in [-0.1, -0.05) is 17.7 Å². The summed E-state index contributed by atoms with van der Waals surface area (Å²) in [6.07, 6.45) is 2.35. The van der Waals surface area contributed by atoms with E-state index >= 15 is 0 Å². The molecule has 1 saturated heterocycles. The number of halogens is 1. The number of anilines is 1. The summed E-state index contributed by atoms with van der Waals surface area (Å²) in [5, 5.41) is 3.37. The van der Waals surface area contributed by atoms with Crippen LogP contribution in [-0.2, 0) is 0 Å². The van der Waals surface area contributed by atoms with Crippen LogP contribution in [0.5, 0.6) is 0 Å². The summed E-state index contributed by atoms with van der Waals surface area (Å²) in [5.74, 6) is 0.372. The lowest BCUT2D eigenvalue weighted by atomic mass is 9.98. The van der Waals surface area contributed by atoms with E-state index in [0.29, 0.717) is 28.7 Å². The molecule has 1 aromatic rings. The number of nitrogens with one attached hydrogen (secondary N) is 1. The molecule has 19 heavy (non-hydrogen) atoms. The highest BCUT2D eigenvalue weighted by Gasteiger charge is 2.18. The molecular formula is C14H20ClN3O. The molecule has 2 rings (SSSR count). The Hall–Kier alpha value is -1.26. The highest BCUT2D eigenvalue weighted by molar-refractivity contribution is 6.33. The first-order chi connectivity index (χ1) is 9.08. The molecule has 1 atom stereocenters. The largest absolute Gasteiger partial charge is 0.397 e. The van der Waals surface area contributed by atoms with Crippen molar-refractivity contribution in [3.8, 4) is 0 Å². The molecule has 0 saturated carbocycles. The Morgan fingerprint density at radius 2 is 2.37 bits per heavy atom. The fourth-order valence-electron chi connectivity index (χ4n) is 2.51. The number of hydrogen-bond donors (Lipinski definition) is 2. The van der Waals surface area contributed by atoms with E-state index in [1.54, 1.807) is 18.2 Å². The summed E-state index contributed by atoms with van der Waals surface area (Å²) in [6.45, 7) is 2.87. The van der Waals surface area contributed by atoms with Gasteiger partial charge in [-0.05, 0) is 44.5 Å². The first-order valence-electron chi connectivity index (χ1n) is 6.58. The van der Waals surface area contributed by atoms with E-state index in [1.165, 1.54) is 6.42 Å². The maximum atomic E-state index is 12.1. The van der Waals surface area contributed by atoms with Gasteiger partial charge < -0.3 is 16.0 Å². The predicted octanol–water partition coefficient (Wildman–Crippen LogP) is 1.99. The lowest BCUT2D eigenvalue weighted by Gasteiger charge is -2.29. The third-order valence-corrected chi connectivity index (χ3v) is 3.90. The highest BCUT2D eigenvalue weighted by Crippen LogP contribution is 2.22. The molecule has 104 valence electrons. The van der Waals surface area contributed by atoms with E-state index in [9.17, 15) is 4.79 Å². The number of nitrogens with zero attached hydrogens (tertiary/aromatic N) is 1. The smallest absolute Gasteiger partial charge is 0.253 e. The molecular weight excluding hydrogens is 262 g/mol. The van der Waals surface area contributed by atoms with Gasteiger partial charge in [-0.25, -0.2) is 0 Å². The van der Waals surface area contributed by atoms with E-state index < -0.39 is 0 Å². The zero-order valence-corrected chi connectivity index (χ0v) is 11.9. The van der Waals surface area contributed by atoms with Gasteiger partial charge in [0.05, 0.1) is 16.3 Å². The summed E-state index contributed by atoms with van der Waals surface area (Å²) >= 11 is 5.91. The molecule has 0 bridgehead atoms. The second-order valence-electron chi connectivity index (χ2n) is 5.18. The minimum Gasteiger partial charge on any atom is -0.397 e. The number of hydrogen-bond acceptors (Lipinski definition) is 3. The van der Waals surface area contributed by atoms with Gasteiger partial charge >= 0.3 is 0 Å². The Labute approximate surface area is 118 Å². The molecule has 1 heterocycles. The molecule has 0 aromatic heterocycles. The molecule has 0 aliphatic carbocycles. The van der Waals surface area contributed by atoms with Crippen LogP contribution in [0.15, 0.2) is 18.2 Å². The van der Waals surface area contributed by atoms with Gasteiger partial charge in [-0.2, -0.15) is 0 Å². The third-order valence-electron chi connectivity index (χ3n) is 3.57. The third kappa shape index (κ3) is 3.61. The van der Waals surface area contributed by atoms with Gasteiger partial charge in [-0.3, -0.25) is 4.79 Å². The number of benzene rings is 1. The lowest BCUT2D eigenvalue weighted by Crippen LogP contribution is -2.39. The number of likely N-dealkylation sites (tertiary alicyclic amines) is 1. The minimum atomic E-state index is -0.145. The molecule has 5 heteroatoms. The normalized spacial score (nSPS) is 20.2. The van der Waals surface area contributed by atoms with Crippen molar-refractivity contribution in [2.75, 3.05) is 32.4 Å². The summed E-state index contributed by atoms with van der Waals surface area (Å²) in [6, 6.07) is 5.12. The van der Waals surface area contributed by atoms with Crippen LogP contribution in [0.4, 0.5) is 5.69 Å². The molecule has 0 spiro atoms. The van der Waals surface area contributed by atoms with Crippen molar-refractivity contribution in [2.24, 2.45) is 5.92 Å². The molecule has 1 unspecified atom stereocenters. The van der Waals surface area contributed by atoms with Crippen LogP contribution in [-0.4, -0.2) is 37.5 Å². The molecule has 1 aliphatic heterocycles. The zero-order chi connectivity index (χ0) is 13.8. The Balaban J connectivity index is 1.92. The van der Waals surface area contributed by atoms with Crippen LogP contribution >= 0.6 is 11.6 Å². The van der Waals surface area contributed by atoms with E-state index in [4.69, 9.17) is 17.3 Å². The molecule has 0 radical (unpaired) electrons. The molecule has 4 nitrogen and oxygen atoms in total. The first kappa shape index (κ1) is 14.2. The summed E-state index contributed by atoms with van der Waals surface area (Å²) in [7, 11) is 2.11. The number of nitrogens with two attached hydrogens (primary N) is 1. The van der Waals surface area contributed by atoms with E-state index in [0.717, 1.165) is 19.5 Å². The Morgan fingerprint density at radius 3 is 3.11 bits per heavy atom. The Kier molecular flexibility index (Phi) is 4.66. The van der Waals surface area contributed by atoms with Crippen LogP contribution in [0.3, 0.4) is 0 Å². The number of piperidine rings is 1. The van der Waals surface area contributed by atoms with Gasteiger partial charge in [0.25, 0.3) is 5.91 Å². The van der Waals surface area contributed by atoms with E-state index in [-0.39, 0.29) is 5.91 Å². The van der Waals surface area contributed by atoms with Gasteiger partial charge in [0.1, 0.15) is 0 Å². The number of para-hydroxylation sites is 1. The van der Waals surface area contributed by atoms with Gasteiger partial charge in [0.15, 0.2) is 0 Å². The standard InChI is InChI=1S/C14H20ClN3O/c1-18-7-3-4-10(9-18)8-17-14(19)11-5-2-6-12(15)13(11)16/h2,5-6,10H,3-4,7-9,16H2,1H3,(H,17,19). The van der Waals surface area contributed by atoms with Crippen molar-refractivity contribution in [1.29, 1.82) is 0 Å². The number of carbonyl (C=O) groups excluding carboxylic acids is 1. The second-order valence-corrected chi connectivity index (χ2v) is 5.59. The van der Waals surface area contributed by atoms with Crippen LogP contribution in [0.25, 0.3) is 0 Å². The number of rotatable bonds is 3. The van der Waals surface area contributed by atoms with Gasteiger partial charge in [0.2, 0.25) is 0 Å². The molecule has 1 amide bonds. The van der Waals surface area contributed by atoms with Crippen molar-refractivity contribution >= 4 is 23.2 Å². The van der Waals surface area contributed by atoms with Crippen molar-refractivity contribution in [3.05, 3.63) is 28.8 Å². The first-order valence-corrected chi connectivity index (χ1v) is 6.96. The minimum absolute atomic E-state index is 0.145. The molecule has 1 aliphatic rings. The van der Waals surface area contributed by atoms with Crippen LogP contribution < -0.4 is 11.1 Å². The van der Waals surface area contributed by atoms with E-state index in [2.05, 4.69) is 17.3 Å². The number of carbonyl (C=O) groups is 1. The monoisotopic (exact) mass is 281 g/mol. The van der Waals surface area contributed by atoms with Crippen molar-refractivity contribution in [1.82, 2.24) is 10.2 Å². The topological polar surface area (TPSA) is 58.4 Å². The number of nitrogen functional groups attached to an aromatic ring is 1. The SMILES string of the molecule is CN1CCCC(CNC(=O)c2cccc(Cl)c2N)C1. The predicted molar refractivity (Wildman–Crippen MR) is 78.4 cm³/mol. The van der Waals surface area contributed by atoms with Crippen LogP contribution in [0, 0.1) is 5.92 Å². The zero-order valence-electron chi connectivity index (χ0n) is 11.2. The number of amides is 1. The van der Waals surface area contributed by atoms with Crippen LogP contribution in [0.2, 0.25) is 5.02 Å². The quantitative estimate of drug-likeness (QED) is 0.833. The Morgan fingerprint density at radius 1 is 1.58 bits per heavy atom. The lowest BCUT2D eigenvalue weighted by molar-refractivity contribution is 0.0937. The van der Waals surface area contributed by atoms with Crippen molar-refractivity contribution in [3.63, 3.8) is 0 Å². The average Bonchev–Trinajstić information content (AvgIpc) is 2.39. The van der Waals surface area contributed by atoms with E-state index in [1.807, 2.05) is 0 Å². The van der Waals surface area contributed by atoms with Crippen molar-refractivity contribution < 1.29 is 4.79 Å². The highest BCUT2D eigenvalue weighted by atomic mass is 35.5. The Bertz CT molecular complexity index is 464. The fraction of sp³-hybridized carbons (Fsp3) is 0.500.